The van der Waals surface area contributed by atoms with Crippen molar-refractivity contribution < 1.29 is 9.53 Å². The molecule has 6 heteroatoms. The summed E-state index contributed by atoms with van der Waals surface area (Å²) in [5.41, 5.74) is 5.00. The highest BCUT2D eigenvalue weighted by molar-refractivity contribution is 5.96. The summed E-state index contributed by atoms with van der Waals surface area (Å²) in [6.45, 7) is 0.723. The number of anilines is 1. The van der Waals surface area contributed by atoms with E-state index in [1.165, 1.54) is 5.56 Å². The first-order valence-electron chi connectivity index (χ1n) is 8.74. The number of rotatable bonds is 2. The summed E-state index contributed by atoms with van der Waals surface area (Å²) < 4.78 is 7.36. The third-order valence-corrected chi connectivity index (χ3v) is 5.10. The number of nitrogens with one attached hydrogen (secondary N) is 1. The van der Waals surface area contributed by atoms with E-state index in [1.807, 2.05) is 31.3 Å². The van der Waals surface area contributed by atoms with Crippen LogP contribution >= 0.6 is 0 Å². The van der Waals surface area contributed by atoms with Gasteiger partial charge in [-0.15, -0.1) is 0 Å². The Morgan fingerprint density at radius 3 is 3.04 bits per heavy atom. The Morgan fingerprint density at radius 2 is 2.19 bits per heavy atom. The van der Waals surface area contributed by atoms with Crippen molar-refractivity contribution in [1.82, 2.24) is 14.8 Å². The zero-order chi connectivity index (χ0) is 17.7. The van der Waals surface area contributed by atoms with E-state index >= 15 is 0 Å². The molecule has 1 amide bonds. The average Bonchev–Trinajstić information content (AvgIpc) is 3.26. The molecule has 1 atom stereocenters. The number of carbonyl (C=O) groups excluding carboxylic acids is 1. The zero-order valence-corrected chi connectivity index (χ0v) is 14.4. The number of hydrogen-bond acceptors (Lipinski definition) is 4. The second kappa shape index (κ2) is 5.69. The van der Waals surface area contributed by atoms with E-state index in [0.717, 1.165) is 47.1 Å². The van der Waals surface area contributed by atoms with Gasteiger partial charge in [-0.3, -0.25) is 14.5 Å². The number of ether oxygens (including phenoxy) is 1. The minimum absolute atomic E-state index is 0.00909. The second-order valence-corrected chi connectivity index (χ2v) is 6.72. The Labute approximate surface area is 150 Å². The largest absolute Gasteiger partial charge is 0.493 e. The van der Waals surface area contributed by atoms with Crippen LogP contribution in [0.3, 0.4) is 0 Å². The van der Waals surface area contributed by atoms with Crippen LogP contribution in [0.2, 0.25) is 0 Å². The van der Waals surface area contributed by atoms with Gasteiger partial charge in [-0.25, -0.2) is 0 Å². The maximum Gasteiger partial charge on any atom is 0.226 e. The highest BCUT2D eigenvalue weighted by Gasteiger charge is 2.34. The summed E-state index contributed by atoms with van der Waals surface area (Å²) in [7, 11) is 1.85. The first-order chi connectivity index (χ1) is 12.7. The minimum Gasteiger partial charge on any atom is -0.493 e. The molecule has 0 aliphatic carbocycles. The molecule has 0 saturated carbocycles. The van der Waals surface area contributed by atoms with E-state index in [0.29, 0.717) is 6.42 Å². The van der Waals surface area contributed by atoms with Crippen LogP contribution in [0, 0.1) is 0 Å². The number of amides is 1. The van der Waals surface area contributed by atoms with Gasteiger partial charge in [-0.1, -0.05) is 18.2 Å². The Balaban J connectivity index is 1.69. The number of aryl methyl sites for hydroxylation is 1. The summed E-state index contributed by atoms with van der Waals surface area (Å²) in [4.78, 5) is 16.8. The van der Waals surface area contributed by atoms with Crippen LogP contribution in [0.1, 0.15) is 29.0 Å². The first kappa shape index (κ1) is 15.1. The van der Waals surface area contributed by atoms with Crippen molar-refractivity contribution in [1.29, 1.82) is 0 Å². The van der Waals surface area contributed by atoms with Crippen molar-refractivity contribution in [2.45, 2.75) is 18.8 Å². The number of carbonyl (C=O) groups is 1. The van der Waals surface area contributed by atoms with Gasteiger partial charge in [-0.2, -0.15) is 5.10 Å². The van der Waals surface area contributed by atoms with Crippen LogP contribution in [-0.2, 0) is 18.3 Å². The van der Waals surface area contributed by atoms with Gasteiger partial charge in [0.25, 0.3) is 0 Å². The molecule has 130 valence electrons. The van der Waals surface area contributed by atoms with Crippen LogP contribution < -0.4 is 10.1 Å². The van der Waals surface area contributed by atoms with Crippen molar-refractivity contribution in [2.75, 3.05) is 11.9 Å². The Hall–Kier alpha value is -3.15. The quantitative estimate of drug-likeness (QED) is 0.775. The highest BCUT2D eigenvalue weighted by atomic mass is 16.5. The molecule has 3 aromatic rings. The topological polar surface area (TPSA) is 69.0 Å². The lowest BCUT2D eigenvalue weighted by atomic mass is 9.84. The molecule has 0 radical (unpaired) electrons. The van der Waals surface area contributed by atoms with Crippen molar-refractivity contribution in [3.05, 3.63) is 59.3 Å². The Bertz CT molecular complexity index is 1010. The minimum atomic E-state index is -0.0460. The number of fused-ring (bicyclic) bond motifs is 2. The third-order valence-electron chi connectivity index (χ3n) is 5.10. The lowest BCUT2D eigenvalue weighted by Crippen LogP contribution is -2.24. The maximum atomic E-state index is 12.3. The van der Waals surface area contributed by atoms with E-state index in [2.05, 4.69) is 27.5 Å². The fraction of sp³-hybridized carbons (Fsp3) is 0.250. The van der Waals surface area contributed by atoms with Crippen LogP contribution in [-0.4, -0.2) is 27.3 Å². The highest BCUT2D eigenvalue weighted by Crippen LogP contribution is 2.43. The molecule has 6 nitrogen and oxygen atoms in total. The van der Waals surface area contributed by atoms with E-state index in [1.54, 1.807) is 10.9 Å². The third kappa shape index (κ3) is 2.29. The molecule has 5 rings (SSSR count). The fourth-order valence-corrected chi connectivity index (χ4v) is 3.89. The SMILES string of the molecule is Cn1nc(-c2ccccn2)c2c1NC(=O)CC2c1ccc2c(c1)CCO2. The molecule has 0 saturated heterocycles. The predicted octanol–water partition coefficient (Wildman–Crippen LogP) is 2.89. The van der Waals surface area contributed by atoms with Gasteiger partial charge >= 0.3 is 0 Å². The number of pyridine rings is 1. The van der Waals surface area contributed by atoms with Gasteiger partial charge in [0.05, 0.1) is 12.3 Å². The van der Waals surface area contributed by atoms with Gasteiger partial charge in [0.1, 0.15) is 17.3 Å². The molecular formula is C20H18N4O2. The van der Waals surface area contributed by atoms with Gasteiger partial charge < -0.3 is 10.1 Å². The molecule has 2 aliphatic heterocycles. The normalized spacial score (nSPS) is 18.0. The van der Waals surface area contributed by atoms with E-state index in [-0.39, 0.29) is 11.8 Å². The number of hydrogen-bond donors (Lipinski definition) is 1. The summed E-state index contributed by atoms with van der Waals surface area (Å²) in [6, 6.07) is 12.0. The molecule has 0 bridgehead atoms. The Morgan fingerprint density at radius 1 is 1.27 bits per heavy atom. The molecule has 26 heavy (non-hydrogen) atoms. The van der Waals surface area contributed by atoms with Crippen LogP contribution in [0.5, 0.6) is 5.75 Å². The monoisotopic (exact) mass is 346 g/mol. The number of nitrogens with zero attached hydrogens (tertiary/aromatic N) is 3. The molecule has 0 spiro atoms. The van der Waals surface area contributed by atoms with Gasteiger partial charge in [0.15, 0.2) is 0 Å². The summed E-state index contributed by atoms with van der Waals surface area (Å²) in [6.07, 6.45) is 3.08. The van der Waals surface area contributed by atoms with E-state index < -0.39 is 0 Å². The molecule has 2 aromatic heterocycles. The van der Waals surface area contributed by atoms with Crippen molar-refractivity contribution in [2.24, 2.45) is 7.05 Å². The second-order valence-electron chi connectivity index (χ2n) is 6.72. The van der Waals surface area contributed by atoms with Crippen molar-refractivity contribution in [3.63, 3.8) is 0 Å². The zero-order valence-electron chi connectivity index (χ0n) is 14.4. The van der Waals surface area contributed by atoms with Gasteiger partial charge in [0, 0.05) is 37.6 Å². The number of benzene rings is 1. The van der Waals surface area contributed by atoms with Crippen LogP contribution in [0.15, 0.2) is 42.6 Å². The Kier molecular flexibility index (Phi) is 3.31. The van der Waals surface area contributed by atoms with Crippen LogP contribution in [0.4, 0.5) is 5.82 Å². The van der Waals surface area contributed by atoms with Gasteiger partial charge in [0.2, 0.25) is 5.91 Å². The van der Waals surface area contributed by atoms with Crippen LogP contribution in [0.25, 0.3) is 11.4 Å². The molecule has 4 heterocycles. The maximum absolute atomic E-state index is 12.3. The van der Waals surface area contributed by atoms with Gasteiger partial charge in [-0.05, 0) is 29.3 Å². The molecule has 0 fully saturated rings. The first-order valence-corrected chi connectivity index (χ1v) is 8.74. The van der Waals surface area contributed by atoms with E-state index in [9.17, 15) is 4.79 Å². The fourth-order valence-electron chi connectivity index (χ4n) is 3.89. The van der Waals surface area contributed by atoms with E-state index in [4.69, 9.17) is 4.74 Å². The van der Waals surface area contributed by atoms with Crippen molar-refractivity contribution in [3.8, 4) is 17.1 Å². The molecule has 1 unspecified atom stereocenters. The average molecular weight is 346 g/mol. The molecule has 1 N–H and O–H groups in total. The molecular weight excluding hydrogens is 328 g/mol. The molecule has 1 aromatic carbocycles. The summed E-state index contributed by atoms with van der Waals surface area (Å²) >= 11 is 0. The lowest BCUT2D eigenvalue weighted by molar-refractivity contribution is -0.116. The number of aromatic nitrogens is 3. The smallest absolute Gasteiger partial charge is 0.226 e. The predicted molar refractivity (Wildman–Crippen MR) is 97.2 cm³/mol. The lowest BCUT2D eigenvalue weighted by Gasteiger charge is -2.24. The molecule has 2 aliphatic rings. The summed E-state index contributed by atoms with van der Waals surface area (Å²) in [5.74, 6) is 1.67. The standard InChI is InChI=1S/C20H18N4O2/c1-24-20-18(19(23-24)15-4-2-3-8-21-15)14(11-17(25)22-20)12-5-6-16-13(10-12)7-9-26-16/h2-6,8,10,14H,7,9,11H2,1H3,(H,22,25). The summed E-state index contributed by atoms with van der Waals surface area (Å²) in [5, 5.41) is 7.64. The van der Waals surface area contributed by atoms with Crippen molar-refractivity contribution >= 4 is 11.7 Å².